The van der Waals surface area contributed by atoms with E-state index in [1.54, 1.807) is 30.3 Å². The molecule has 148 valence electrons. The van der Waals surface area contributed by atoms with Gasteiger partial charge in [-0.05, 0) is 35.4 Å². The molecule has 0 spiro atoms. The van der Waals surface area contributed by atoms with Crippen LogP contribution in [0, 0.1) is 11.3 Å². The summed E-state index contributed by atoms with van der Waals surface area (Å²) in [5.41, 5.74) is 2.59. The summed E-state index contributed by atoms with van der Waals surface area (Å²) in [6.07, 6.45) is 0. The van der Waals surface area contributed by atoms with Crippen molar-refractivity contribution in [2.75, 3.05) is 32.1 Å². The number of carbonyl (C=O) groups excluding carboxylic acids is 2. The third kappa shape index (κ3) is 4.24. The number of nitriles is 1. The van der Waals surface area contributed by atoms with Crippen LogP contribution in [0.5, 0.6) is 0 Å². The van der Waals surface area contributed by atoms with Crippen LogP contribution in [0.2, 0.25) is 5.02 Å². The molecular formula is C21H18ClN3O4. The summed E-state index contributed by atoms with van der Waals surface area (Å²) >= 11 is 5.92. The van der Waals surface area contributed by atoms with E-state index in [0.717, 1.165) is 11.1 Å². The fourth-order valence-corrected chi connectivity index (χ4v) is 3.18. The molecule has 0 saturated carbocycles. The average molecular weight is 412 g/mol. The molecule has 1 amide bonds. The highest BCUT2D eigenvalue weighted by molar-refractivity contribution is 6.30. The van der Waals surface area contributed by atoms with Gasteiger partial charge in [-0.15, -0.1) is 0 Å². The Kier molecular flexibility index (Phi) is 6.17. The molecule has 29 heavy (non-hydrogen) atoms. The Hall–Kier alpha value is -3.34. The number of rotatable bonds is 6. The van der Waals surface area contributed by atoms with E-state index in [9.17, 15) is 14.9 Å². The van der Waals surface area contributed by atoms with E-state index in [4.69, 9.17) is 21.4 Å². The first-order valence-corrected chi connectivity index (χ1v) is 9.15. The van der Waals surface area contributed by atoms with E-state index in [1.807, 2.05) is 12.1 Å². The van der Waals surface area contributed by atoms with Crippen LogP contribution in [-0.4, -0.2) is 48.7 Å². The van der Waals surface area contributed by atoms with Crippen molar-refractivity contribution >= 4 is 29.2 Å². The summed E-state index contributed by atoms with van der Waals surface area (Å²) < 4.78 is 4.77. The molecule has 1 aliphatic heterocycles. The molecule has 0 unspecified atom stereocenters. The quantitative estimate of drug-likeness (QED) is 0.708. The largest absolute Gasteiger partial charge is 0.466 e. The van der Waals surface area contributed by atoms with E-state index in [1.165, 1.54) is 12.0 Å². The molecule has 2 aromatic carbocycles. The van der Waals surface area contributed by atoms with Crippen molar-refractivity contribution in [2.45, 2.75) is 0 Å². The molecule has 3 rings (SSSR count). The van der Waals surface area contributed by atoms with Crippen LogP contribution >= 0.6 is 11.6 Å². The van der Waals surface area contributed by atoms with E-state index in [0.29, 0.717) is 16.3 Å². The minimum absolute atomic E-state index is 0.0269. The van der Waals surface area contributed by atoms with E-state index >= 15 is 0 Å². The monoisotopic (exact) mass is 411 g/mol. The number of amides is 1. The highest BCUT2D eigenvalue weighted by atomic mass is 35.5. The summed E-state index contributed by atoms with van der Waals surface area (Å²) in [5.74, 6) is -1.08. The van der Waals surface area contributed by atoms with Crippen LogP contribution in [0.25, 0.3) is 11.1 Å². The summed E-state index contributed by atoms with van der Waals surface area (Å²) in [6, 6.07) is 14.5. The van der Waals surface area contributed by atoms with Crippen LogP contribution in [0.1, 0.15) is 5.56 Å². The van der Waals surface area contributed by atoms with E-state index in [-0.39, 0.29) is 31.0 Å². The highest BCUT2D eigenvalue weighted by Gasteiger charge is 2.34. The van der Waals surface area contributed by atoms with Gasteiger partial charge in [0.1, 0.15) is 11.8 Å². The first kappa shape index (κ1) is 20.4. The smallest absolute Gasteiger partial charge is 0.337 e. The summed E-state index contributed by atoms with van der Waals surface area (Å²) in [5, 5.41) is 22.3. The zero-order valence-corrected chi connectivity index (χ0v) is 16.4. The fraction of sp³-hybridized carbons (Fsp3) is 0.190. The number of methoxy groups -OCH3 is 1. The number of esters is 1. The Morgan fingerprint density at radius 2 is 1.97 bits per heavy atom. The average Bonchev–Trinajstić information content (AvgIpc) is 3.04. The Labute approximate surface area is 172 Å². The number of carbonyl (C=O) groups is 2. The van der Waals surface area contributed by atoms with Crippen LogP contribution < -0.4 is 5.32 Å². The van der Waals surface area contributed by atoms with Gasteiger partial charge in [-0.2, -0.15) is 5.26 Å². The molecule has 0 saturated heterocycles. The van der Waals surface area contributed by atoms with Crippen LogP contribution in [0.15, 0.2) is 53.7 Å². The highest BCUT2D eigenvalue weighted by Crippen LogP contribution is 2.29. The molecular weight excluding hydrogens is 394 g/mol. The molecule has 0 atom stereocenters. The van der Waals surface area contributed by atoms with Crippen LogP contribution in [0.3, 0.4) is 0 Å². The molecule has 1 heterocycles. The Bertz CT molecular complexity index is 1030. The number of hydrogen-bond acceptors (Lipinski definition) is 6. The van der Waals surface area contributed by atoms with Crippen molar-refractivity contribution in [3.63, 3.8) is 0 Å². The van der Waals surface area contributed by atoms with Crippen LogP contribution in [0.4, 0.5) is 5.69 Å². The van der Waals surface area contributed by atoms with Crippen molar-refractivity contribution in [3.8, 4) is 17.2 Å². The molecule has 0 aliphatic carbocycles. The number of ether oxygens (including phenoxy) is 1. The number of aliphatic hydroxyl groups excluding tert-OH is 1. The number of halogens is 1. The maximum Gasteiger partial charge on any atom is 0.337 e. The third-order valence-corrected chi connectivity index (χ3v) is 4.78. The topological polar surface area (TPSA) is 103 Å². The Morgan fingerprint density at radius 3 is 2.59 bits per heavy atom. The molecule has 0 bridgehead atoms. The number of nitrogens with one attached hydrogen (secondary N) is 1. The van der Waals surface area contributed by atoms with Crippen molar-refractivity contribution in [3.05, 3.63) is 64.3 Å². The first-order valence-electron chi connectivity index (χ1n) is 8.77. The van der Waals surface area contributed by atoms with Gasteiger partial charge in [0, 0.05) is 11.6 Å². The van der Waals surface area contributed by atoms with Gasteiger partial charge < -0.3 is 20.1 Å². The predicted molar refractivity (Wildman–Crippen MR) is 108 cm³/mol. The van der Waals surface area contributed by atoms with Crippen molar-refractivity contribution in [1.82, 2.24) is 4.90 Å². The maximum absolute atomic E-state index is 12.6. The number of hydrogen-bond donors (Lipinski definition) is 2. The lowest BCUT2D eigenvalue weighted by atomic mass is 10.0. The Balaban J connectivity index is 1.95. The molecule has 0 fully saturated rings. The molecule has 0 radical (unpaired) electrons. The van der Waals surface area contributed by atoms with Gasteiger partial charge in [-0.3, -0.25) is 4.79 Å². The van der Waals surface area contributed by atoms with Gasteiger partial charge in [-0.1, -0.05) is 29.8 Å². The maximum atomic E-state index is 12.6. The van der Waals surface area contributed by atoms with Gasteiger partial charge in [-0.25, -0.2) is 4.79 Å². The number of nitrogens with zero attached hydrogens (tertiary/aromatic N) is 2. The minimum Gasteiger partial charge on any atom is -0.466 e. The lowest BCUT2D eigenvalue weighted by molar-refractivity contribution is -0.136. The van der Waals surface area contributed by atoms with Gasteiger partial charge in [0.2, 0.25) is 0 Å². The molecule has 7 nitrogen and oxygen atoms in total. The number of anilines is 1. The third-order valence-electron chi connectivity index (χ3n) is 4.53. The molecule has 1 aliphatic rings. The number of β-amino-alcohol motifs (C(OH)–C–C–N with tert-alkyl or cyclic N) is 1. The zero-order chi connectivity index (χ0) is 21.0. The van der Waals surface area contributed by atoms with Crippen molar-refractivity contribution < 1.29 is 19.4 Å². The lowest BCUT2D eigenvalue weighted by Crippen LogP contribution is -2.31. The fourth-order valence-electron chi connectivity index (χ4n) is 3.05. The molecule has 8 heteroatoms. The first-order chi connectivity index (χ1) is 14.0. The zero-order valence-electron chi connectivity index (χ0n) is 15.6. The van der Waals surface area contributed by atoms with Crippen molar-refractivity contribution in [1.29, 1.82) is 5.26 Å². The molecule has 0 aromatic heterocycles. The van der Waals surface area contributed by atoms with Crippen molar-refractivity contribution in [2.24, 2.45) is 0 Å². The van der Waals surface area contributed by atoms with E-state index < -0.39 is 11.9 Å². The Morgan fingerprint density at radius 1 is 1.28 bits per heavy atom. The second-order valence-corrected chi connectivity index (χ2v) is 6.74. The SMILES string of the molecule is COC(=O)C1=C(Nc2ccc(-c3ccc(Cl)cc3)cc2C#N)C(=O)N(CCO)C1. The minimum atomic E-state index is -0.641. The van der Waals surface area contributed by atoms with Gasteiger partial charge in [0.25, 0.3) is 5.91 Å². The second-order valence-electron chi connectivity index (χ2n) is 6.30. The molecule has 2 N–H and O–H groups in total. The molecule has 2 aromatic rings. The normalized spacial score (nSPS) is 13.4. The summed E-state index contributed by atoms with van der Waals surface area (Å²) in [7, 11) is 1.23. The lowest BCUT2D eigenvalue weighted by Gasteiger charge is -2.15. The predicted octanol–water partition coefficient (Wildman–Crippen LogP) is 2.55. The number of aliphatic hydroxyl groups is 1. The van der Waals surface area contributed by atoms with Gasteiger partial charge in [0.05, 0.1) is 37.1 Å². The van der Waals surface area contributed by atoms with Gasteiger partial charge in [0.15, 0.2) is 0 Å². The number of benzene rings is 2. The summed E-state index contributed by atoms with van der Waals surface area (Å²) in [4.78, 5) is 26.1. The van der Waals surface area contributed by atoms with E-state index in [2.05, 4.69) is 11.4 Å². The van der Waals surface area contributed by atoms with Crippen LogP contribution in [-0.2, 0) is 14.3 Å². The summed E-state index contributed by atoms with van der Waals surface area (Å²) in [6.45, 7) is -0.114. The van der Waals surface area contributed by atoms with Gasteiger partial charge >= 0.3 is 5.97 Å². The standard InChI is InChI=1S/C21H18ClN3O4/c1-29-21(28)17-12-25(8-9-26)20(27)19(17)24-18-7-4-14(10-15(18)11-23)13-2-5-16(22)6-3-13/h2-7,10,24,26H,8-9,12H2,1H3. The second kappa shape index (κ2) is 8.78.